The molecule has 0 bridgehead atoms. The van der Waals surface area contributed by atoms with Gasteiger partial charge in [-0.25, -0.2) is 9.78 Å². The predicted octanol–water partition coefficient (Wildman–Crippen LogP) is 2.66. The maximum atomic E-state index is 12.6. The van der Waals surface area contributed by atoms with Crippen molar-refractivity contribution in [2.45, 2.75) is 38.6 Å². The largest absolute Gasteiger partial charge is 0.479 e. The molecule has 0 aliphatic heterocycles. The topological polar surface area (TPSA) is 92.4 Å². The molecule has 0 fully saturated rings. The summed E-state index contributed by atoms with van der Waals surface area (Å²) in [6, 6.07) is 5.64. The highest BCUT2D eigenvalue weighted by molar-refractivity contribution is 9.10. The molecule has 1 unspecified atom stereocenters. The minimum absolute atomic E-state index is 0.0737. The van der Waals surface area contributed by atoms with Crippen molar-refractivity contribution in [1.29, 1.82) is 0 Å². The molecular weight excluding hydrogens is 376 g/mol. The molecule has 126 valence electrons. The van der Waals surface area contributed by atoms with Gasteiger partial charge in [0.25, 0.3) is 5.91 Å². The second kappa shape index (κ2) is 6.05. The summed E-state index contributed by atoms with van der Waals surface area (Å²) in [4.78, 5) is 28.6. The van der Waals surface area contributed by atoms with E-state index in [0.717, 1.165) is 15.6 Å². The first-order valence-corrected chi connectivity index (χ1v) is 8.43. The zero-order chi connectivity index (χ0) is 17.5. The molecule has 2 N–H and O–H groups in total. The van der Waals surface area contributed by atoms with Crippen molar-refractivity contribution in [3.05, 3.63) is 51.1 Å². The normalized spacial score (nSPS) is 19.1. The van der Waals surface area contributed by atoms with E-state index in [4.69, 9.17) is 4.42 Å². The van der Waals surface area contributed by atoms with Gasteiger partial charge in [-0.3, -0.25) is 4.79 Å². The van der Waals surface area contributed by atoms with Gasteiger partial charge in [-0.15, -0.1) is 0 Å². The minimum atomic E-state index is -1.37. The summed E-state index contributed by atoms with van der Waals surface area (Å²) in [6.45, 7) is 3.54. The maximum absolute atomic E-state index is 12.6. The average Bonchev–Trinajstić information content (AvgIpc) is 3.07. The molecule has 1 aromatic heterocycles. The summed E-state index contributed by atoms with van der Waals surface area (Å²) in [5.74, 6) is -1.07. The molecule has 1 atom stereocenters. The van der Waals surface area contributed by atoms with Gasteiger partial charge in [-0.1, -0.05) is 28.9 Å². The fraction of sp³-hybridized carbons (Fsp3) is 0.353. The molecule has 6 nitrogen and oxygen atoms in total. The number of benzene rings is 1. The first kappa shape index (κ1) is 16.7. The second-order valence-electron chi connectivity index (χ2n) is 5.98. The van der Waals surface area contributed by atoms with Gasteiger partial charge in [0, 0.05) is 23.7 Å². The highest BCUT2D eigenvalue weighted by atomic mass is 79.9. The number of amides is 1. The van der Waals surface area contributed by atoms with Gasteiger partial charge in [0.1, 0.15) is 5.54 Å². The van der Waals surface area contributed by atoms with E-state index in [1.54, 1.807) is 6.92 Å². The predicted molar refractivity (Wildman–Crippen MR) is 90.0 cm³/mol. The molecule has 0 saturated carbocycles. The van der Waals surface area contributed by atoms with Crippen LogP contribution in [-0.2, 0) is 24.1 Å². The van der Waals surface area contributed by atoms with Crippen LogP contribution in [0.2, 0.25) is 0 Å². The number of hydrogen-bond donors (Lipinski definition) is 2. The smallest absolute Gasteiger partial charge is 0.330 e. The van der Waals surface area contributed by atoms with Gasteiger partial charge in [0.15, 0.2) is 5.89 Å². The standard InChI is InChI=1S/C17H17BrN2O4/c1-3-13-19-9(2)14(24-13)15(21)20-17(16(22)23)7-10-4-5-12(18)6-11(10)8-17/h4-6H,3,7-8H2,1-2H3,(H,20,21)(H,22,23). The van der Waals surface area contributed by atoms with Crippen molar-refractivity contribution in [2.24, 2.45) is 0 Å². The van der Waals surface area contributed by atoms with Crippen LogP contribution in [0.1, 0.15) is 40.2 Å². The van der Waals surface area contributed by atoms with Crippen molar-refractivity contribution in [3.63, 3.8) is 0 Å². The van der Waals surface area contributed by atoms with Gasteiger partial charge in [0.05, 0.1) is 5.69 Å². The number of fused-ring (bicyclic) bond motifs is 1. The molecule has 24 heavy (non-hydrogen) atoms. The van der Waals surface area contributed by atoms with Crippen molar-refractivity contribution < 1.29 is 19.1 Å². The van der Waals surface area contributed by atoms with E-state index in [1.807, 2.05) is 25.1 Å². The molecule has 1 aromatic carbocycles. The number of carbonyl (C=O) groups is 2. The molecule has 1 heterocycles. The molecule has 1 aliphatic rings. The third-order valence-corrected chi connectivity index (χ3v) is 4.76. The molecule has 3 rings (SSSR count). The van der Waals surface area contributed by atoms with Gasteiger partial charge in [0.2, 0.25) is 5.76 Å². The first-order chi connectivity index (χ1) is 11.3. The zero-order valence-corrected chi connectivity index (χ0v) is 14.9. The Morgan fingerprint density at radius 3 is 2.71 bits per heavy atom. The SMILES string of the molecule is CCc1nc(C)c(C(=O)NC2(C(=O)O)Cc3ccc(Br)cc3C2)o1. The molecule has 0 saturated heterocycles. The number of hydrogen-bond acceptors (Lipinski definition) is 4. The lowest BCUT2D eigenvalue weighted by Crippen LogP contribution is -2.55. The van der Waals surface area contributed by atoms with Crippen molar-refractivity contribution >= 4 is 27.8 Å². The van der Waals surface area contributed by atoms with E-state index in [-0.39, 0.29) is 18.6 Å². The number of aliphatic carboxylic acids is 1. The van der Waals surface area contributed by atoms with Gasteiger partial charge in [-0.05, 0) is 30.2 Å². The highest BCUT2D eigenvalue weighted by Crippen LogP contribution is 2.33. The van der Waals surface area contributed by atoms with Gasteiger partial charge < -0.3 is 14.8 Å². The van der Waals surface area contributed by atoms with E-state index < -0.39 is 17.4 Å². The fourth-order valence-corrected chi connectivity index (χ4v) is 3.43. The van der Waals surface area contributed by atoms with Crippen LogP contribution in [0.25, 0.3) is 0 Å². The summed E-state index contributed by atoms with van der Waals surface area (Å²) < 4.78 is 6.31. The Morgan fingerprint density at radius 2 is 2.08 bits per heavy atom. The number of aryl methyl sites for hydroxylation is 2. The number of nitrogens with one attached hydrogen (secondary N) is 1. The Hall–Kier alpha value is -2.15. The van der Waals surface area contributed by atoms with E-state index in [1.165, 1.54) is 0 Å². The van der Waals surface area contributed by atoms with Crippen molar-refractivity contribution in [1.82, 2.24) is 10.3 Å². The lowest BCUT2D eigenvalue weighted by atomic mass is 9.95. The molecular formula is C17H17BrN2O4. The third-order valence-electron chi connectivity index (χ3n) is 4.26. The summed E-state index contributed by atoms with van der Waals surface area (Å²) in [5, 5.41) is 12.4. The van der Waals surface area contributed by atoms with Crippen molar-refractivity contribution in [3.8, 4) is 0 Å². The van der Waals surface area contributed by atoms with Crippen LogP contribution in [0.3, 0.4) is 0 Å². The van der Waals surface area contributed by atoms with Crippen LogP contribution in [0.15, 0.2) is 27.1 Å². The minimum Gasteiger partial charge on any atom is -0.479 e. The maximum Gasteiger partial charge on any atom is 0.330 e. The lowest BCUT2D eigenvalue weighted by molar-refractivity contribution is -0.144. The number of carboxylic acid groups (broad SMARTS) is 1. The fourth-order valence-electron chi connectivity index (χ4n) is 3.03. The van der Waals surface area contributed by atoms with Gasteiger partial charge >= 0.3 is 5.97 Å². The molecule has 2 aromatic rings. The molecule has 0 radical (unpaired) electrons. The molecule has 0 spiro atoms. The molecule has 7 heteroatoms. The van der Waals surface area contributed by atoms with E-state index in [2.05, 4.69) is 26.2 Å². The van der Waals surface area contributed by atoms with Gasteiger partial charge in [-0.2, -0.15) is 0 Å². The third kappa shape index (κ3) is 2.84. The summed E-state index contributed by atoms with van der Waals surface area (Å²) in [7, 11) is 0. The monoisotopic (exact) mass is 392 g/mol. The number of oxazole rings is 1. The summed E-state index contributed by atoms with van der Waals surface area (Å²) in [5.41, 5.74) is 0.925. The Labute approximate surface area is 147 Å². The van der Waals surface area contributed by atoms with E-state index in [9.17, 15) is 14.7 Å². The Kier molecular flexibility index (Phi) is 4.21. The molecule has 1 amide bonds. The zero-order valence-electron chi connectivity index (χ0n) is 13.4. The number of carbonyl (C=O) groups excluding carboxylic acids is 1. The summed E-state index contributed by atoms with van der Waals surface area (Å²) in [6.07, 6.45) is 1.04. The quantitative estimate of drug-likeness (QED) is 0.833. The number of carboxylic acids is 1. The second-order valence-corrected chi connectivity index (χ2v) is 6.90. The molecule has 1 aliphatic carbocycles. The highest BCUT2D eigenvalue weighted by Gasteiger charge is 2.46. The number of rotatable bonds is 4. The van der Waals surface area contributed by atoms with Crippen LogP contribution in [0, 0.1) is 6.92 Å². The van der Waals surface area contributed by atoms with E-state index >= 15 is 0 Å². The summed E-state index contributed by atoms with van der Waals surface area (Å²) >= 11 is 3.39. The van der Waals surface area contributed by atoms with Crippen LogP contribution in [0.4, 0.5) is 0 Å². The van der Waals surface area contributed by atoms with Crippen molar-refractivity contribution in [2.75, 3.05) is 0 Å². The Bertz CT molecular complexity index is 830. The van der Waals surface area contributed by atoms with Crippen LogP contribution in [0.5, 0.6) is 0 Å². The van der Waals surface area contributed by atoms with Crippen LogP contribution >= 0.6 is 15.9 Å². The lowest BCUT2D eigenvalue weighted by Gasteiger charge is -2.25. The Balaban J connectivity index is 1.89. The average molecular weight is 393 g/mol. The van der Waals surface area contributed by atoms with Crippen LogP contribution < -0.4 is 5.32 Å². The number of halogens is 1. The number of aromatic nitrogens is 1. The Morgan fingerprint density at radius 1 is 1.38 bits per heavy atom. The van der Waals surface area contributed by atoms with Crippen LogP contribution in [-0.4, -0.2) is 27.5 Å². The first-order valence-electron chi connectivity index (χ1n) is 7.64. The number of nitrogens with zero attached hydrogens (tertiary/aromatic N) is 1. The van der Waals surface area contributed by atoms with E-state index in [0.29, 0.717) is 18.0 Å².